The number of carbonyl (C=O) groups is 1. The Morgan fingerprint density at radius 3 is 2.18 bits per heavy atom. The molecule has 3 aliphatic rings. The fraction of sp³-hybridized carbons (Fsp3) is 0.929. The molecule has 3 saturated heterocycles. The van der Waals surface area contributed by atoms with Crippen LogP contribution in [0.25, 0.3) is 0 Å². The number of esters is 1. The topological polar surface area (TPSA) is 98.5 Å². The first-order valence-corrected chi connectivity index (χ1v) is 7.34. The van der Waals surface area contributed by atoms with Gasteiger partial charge in [-0.25, -0.2) is 0 Å². The van der Waals surface area contributed by atoms with E-state index in [1.165, 1.54) is 7.11 Å². The van der Waals surface area contributed by atoms with E-state index in [4.69, 9.17) is 34.2 Å². The minimum absolute atomic E-state index is 0.434. The van der Waals surface area contributed by atoms with Gasteiger partial charge in [0.2, 0.25) is 0 Å². The van der Waals surface area contributed by atoms with Crippen LogP contribution in [0.5, 0.6) is 0 Å². The maximum absolute atomic E-state index is 11.8. The van der Waals surface area contributed by atoms with E-state index in [0.29, 0.717) is 0 Å². The largest absolute Gasteiger partial charge is 0.468 e. The first-order valence-electron chi connectivity index (χ1n) is 7.34. The molecule has 6 atom stereocenters. The average Bonchev–Trinajstić information content (AvgIpc) is 2.90. The molecule has 0 aliphatic carbocycles. The van der Waals surface area contributed by atoms with Gasteiger partial charge in [-0.15, -0.1) is 0 Å². The molecule has 22 heavy (non-hydrogen) atoms. The molecule has 0 aromatic rings. The van der Waals surface area contributed by atoms with Crippen molar-refractivity contribution in [3.63, 3.8) is 0 Å². The Bertz CT molecular complexity index is 466. The second-order valence-corrected chi connectivity index (χ2v) is 6.68. The number of fused-ring (bicyclic) bond motifs is 3. The van der Waals surface area contributed by atoms with Gasteiger partial charge in [0.05, 0.1) is 7.11 Å². The maximum Gasteiger partial charge on any atom is 0.325 e. The number of rotatable bonds is 2. The van der Waals surface area contributed by atoms with E-state index in [2.05, 4.69) is 0 Å². The van der Waals surface area contributed by atoms with Crippen LogP contribution >= 0.6 is 0 Å². The van der Waals surface area contributed by atoms with Crippen LogP contribution in [0.4, 0.5) is 0 Å². The van der Waals surface area contributed by atoms with E-state index in [1.807, 2.05) is 0 Å². The van der Waals surface area contributed by atoms with Gasteiger partial charge < -0.3 is 34.2 Å². The smallest absolute Gasteiger partial charge is 0.325 e. The van der Waals surface area contributed by atoms with Gasteiger partial charge in [-0.05, 0) is 27.7 Å². The van der Waals surface area contributed by atoms with Gasteiger partial charge in [0.15, 0.2) is 17.9 Å². The standard InChI is InChI=1S/C14H23NO7/c1-13(2)19-8-7(6(15)11(16)17-5)18-12-10(9(8)20-13)21-14(3,4)22-12/h6-10,12H,15H2,1-5H3/t6-,7+,8-,9-,10+,12+/m0/s1. The molecule has 8 nitrogen and oxygen atoms in total. The molecule has 3 rings (SSSR count). The number of methoxy groups -OCH3 is 1. The van der Waals surface area contributed by atoms with Crippen LogP contribution < -0.4 is 5.73 Å². The van der Waals surface area contributed by atoms with E-state index in [-0.39, 0.29) is 0 Å². The molecule has 0 amide bonds. The summed E-state index contributed by atoms with van der Waals surface area (Å²) in [6.07, 6.45) is -2.82. The van der Waals surface area contributed by atoms with Gasteiger partial charge in [-0.3, -0.25) is 4.79 Å². The highest BCUT2D eigenvalue weighted by Gasteiger charge is 2.62. The molecule has 3 aliphatic heterocycles. The van der Waals surface area contributed by atoms with Gasteiger partial charge in [0, 0.05) is 0 Å². The zero-order valence-corrected chi connectivity index (χ0v) is 13.4. The average molecular weight is 317 g/mol. The predicted octanol–water partition coefficient (Wildman–Crippen LogP) is -0.117. The molecular weight excluding hydrogens is 294 g/mol. The van der Waals surface area contributed by atoms with Crippen molar-refractivity contribution in [1.29, 1.82) is 0 Å². The van der Waals surface area contributed by atoms with Crippen LogP contribution in [0.2, 0.25) is 0 Å². The van der Waals surface area contributed by atoms with Crippen LogP contribution in [-0.4, -0.2) is 61.4 Å². The van der Waals surface area contributed by atoms with Gasteiger partial charge in [0.1, 0.15) is 30.5 Å². The summed E-state index contributed by atoms with van der Waals surface area (Å²) in [4.78, 5) is 11.8. The highest BCUT2D eigenvalue weighted by Crippen LogP contribution is 2.44. The lowest BCUT2D eigenvalue weighted by atomic mass is 9.94. The van der Waals surface area contributed by atoms with Crippen molar-refractivity contribution in [3.05, 3.63) is 0 Å². The molecule has 3 heterocycles. The van der Waals surface area contributed by atoms with E-state index >= 15 is 0 Å². The Morgan fingerprint density at radius 2 is 1.55 bits per heavy atom. The summed E-state index contributed by atoms with van der Waals surface area (Å²) in [5.41, 5.74) is 5.97. The lowest BCUT2D eigenvalue weighted by Gasteiger charge is -2.38. The summed E-state index contributed by atoms with van der Waals surface area (Å²) < 4.78 is 34.0. The first-order chi connectivity index (χ1) is 10.1. The molecule has 0 radical (unpaired) electrons. The number of ether oxygens (including phenoxy) is 6. The van der Waals surface area contributed by atoms with E-state index in [1.54, 1.807) is 27.7 Å². The van der Waals surface area contributed by atoms with Gasteiger partial charge >= 0.3 is 5.97 Å². The fourth-order valence-electron chi connectivity index (χ4n) is 3.20. The normalized spacial score (nSPS) is 43.3. The van der Waals surface area contributed by atoms with Crippen LogP contribution in [0.3, 0.4) is 0 Å². The Morgan fingerprint density at radius 1 is 1.00 bits per heavy atom. The summed E-state index contributed by atoms with van der Waals surface area (Å²) >= 11 is 0. The Kier molecular flexibility index (Phi) is 3.75. The van der Waals surface area contributed by atoms with Crippen molar-refractivity contribution in [1.82, 2.24) is 0 Å². The Labute approximate surface area is 129 Å². The van der Waals surface area contributed by atoms with Crippen LogP contribution in [-0.2, 0) is 33.2 Å². The minimum atomic E-state index is -0.997. The van der Waals surface area contributed by atoms with E-state index in [0.717, 1.165) is 0 Å². The third-order valence-corrected chi connectivity index (χ3v) is 4.02. The molecule has 3 fully saturated rings. The molecule has 126 valence electrons. The van der Waals surface area contributed by atoms with Crippen LogP contribution in [0.1, 0.15) is 27.7 Å². The molecule has 0 saturated carbocycles. The monoisotopic (exact) mass is 317 g/mol. The van der Waals surface area contributed by atoms with Crippen LogP contribution in [0, 0.1) is 0 Å². The van der Waals surface area contributed by atoms with Crippen LogP contribution in [0.15, 0.2) is 0 Å². The molecule has 0 aromatic heterocycles. The third kappa shape index (κ3) is 2.64. The number of carbonyl (C=O) groups excluding carboxylic acids is 1. The molecule has 0 spiro atoms. The quantitative estimate of drug-likeness (QED) is 0.704. The van der Waals surface area contributed by atoms with Crippen molar-refractivity contribution in [2.45, 2.75) is 76.0 Å². The highest BCUT2D eigenvalue weighted by atomic mass is 16.9. The summed E-state index contributed by atoms with van der Waals surface area (Å²) in [5, 5.41) is 0. The summed E-state index contributed by atoms with van der Waals surface area (Å²) in [7, 11) is 1.28. The lowest BCUT2D eigenvalue weighted by molar-refractivity contribution is -0.238. The maximum atomic E-state index is 11.8. The lowest BCUT2D eigenvalue weighted by Crippen LogP contribution is -2.62. The molecule has 0 aromatic carbocycles. The number of nitrogens with two attached hydrogens (primary N) is 1. The van der Waals surface area contributed by atoms with Gasteiger partial charge in [0.25, 0.3) is 0 Å². The molecule has 8 heteroatoms. The zero-order valence-electron chi connectivity index (χ0n) is 13.4. The molecular formula is C14H23NO7. The van der Waals surface area contributed by atoms with E-state index in [9.17, 15) is 4.79 Å². The fourth-order valence-corrected chi connectivity index (χ4v) is 3.20. The summed E-state index contributed by atoms with van der Waals surface area (Å²) in [6.45, 7) is 7.17. The van der Waals surface area contributed by atoms with Gasteiger partial charge in [-0.2, -0.15) is 0 Å². The Balaban J connectivity index is 1.88. The second-order valence-electron chi connectivity index (χ2n) is 6.68. The second kappa shape index (κ2) is 5.12. The van der Waals surface area contributed by atoms with E-state index < -0.39 is 54.3 Å². The van der Waals surface area contributed by atoms with Crippen molar-refractivity contribution in [2.75, 3.05) is 7.11 Å². The molecule has 0 bridgehead atoms. The highest BCUT2D eigenvalue weighted by molar-refractivity contribution is 5.76. The van der Waals surface area contributed by atoms with Crippen molar-refractivity contribution < 1.29 is 33.2 Å². The predicted molar refractivity (Wildman–Crippen MR) is 72.5 cm³/mol. The molecule has 0 unspecified atom stereocenters. The molecule has 2 N–H and O–H groups in total. The summed E-state index contributed by atoms with van der Waals surface area (Å²) in [6, 6.07) is -0.997. The summed E-state index contributed by atoms with van der Waals surface area (Å²) in [5.74, 6) is -2.20. The van der Waals surface area contributed by atoms with Crippen molar-refractivity contribution >= 4 is 5.97 Å². The van der Waals surface area contributed by atoms with Crippen molar-refractivity contribution in [3.8, 4) is 0 Å². The number of hydrogen-bond acceptors (Lipinski definition) is 8. The number of hydrogen-bond donors (Lipinski definition) is 1. The third-order valence-electron chi connectivity index (χ3n) is 4.02. The van der Waals surface area contributed by atoms with Crippen molar-refractivity contribution in [2.24, 2.45) is 5.73 Å². The minimum Gasteiger partial charge on any atom is -0.468 e. The SMILES string of the molecule is COC(=O)[C@@H](N)[C@H]1O[C@@H]2OC(C)(C)O[C@@H]2[C@H]2OC(C)(C)O[C@H]21. The Hall–Kier alpha value is -0.770. The van der Waals surface area contributed by atoms with Gasteiger partial charge in [-0.1, -0.05) is 0 Å². The zero-order chi connectivity index (χ0) is 16.3. The first kappa shape index (κ1) is 16.1.